The van der Waals surface area contributed by atoms with Crippen molar-refractivity contribution in [3.05, 3.63) is 108 Å². The molecule has 144 valence electrons. The molecule has 3 aromatic rings. The van der Waals surface area contributed by atoms with Crippen LogP contribution in [0.25, 0.3) is 0 Å². The highest BCUT2D eigenvalue weighted by Gasteiger charge is 2.37. The first-order valence-electron chi connectivity index (χ1n) is 9.68. The van der Waals surface area contributed by atoms with Crippen LogP contribution in [0.5, 0.6) is 0 Å². The molecule has 0 spiro atoms. The number of benzene rings is 3. The maximum Gasteiger partial charge on any atom is 0.164 e. The van der Waals surface area contributed by atoms with E-state index in [-0.39, 0.29) is 11.0 Å². The van der Waals surface area contributed by atoms with Gasteiger partial charge in [0.2, 0.25) is 0 Å². The van der Waals surface area contributed by atoms with E-state index in [1.165, 1.54) is 16.7 Å². The summed E-state index contributed by atoms with van der Waals surface area (Å²) >= 11 is 5.10. The van der Waals surface area contributed by atoms with Gasteiger partial charge in [0.15, 0.2) is 5.11 Å². The van der Waals surface area contributed by atoms with E-state index in [1.54, 1.807) is 0 Å². The molecule has 0 amide bonds. The van der Waals surface area contributed by atoms with Gasteiger partial charge in [-0.2, -0.15) is 0 Å². The fourth-order valence-electron chi connectivity index (χ4n) is 4.00. The van der Waals surface area contributed by atoms with Crippen molar-refractivity contribution in [3.8, 4) is 0 Å². The maximum atomic E-state index is 5.77. The highest BCUT2D eigenvalue weighted by molar-refractivity contribution is 7.80. The summed E-state index contributed by atoms with van der Waals surface area (Å²) in [6, 6.07) is 32.3. The maximum absolute atomic E-state index is 5.77. The first-order valence-corrected chi connectivity index (χ1v) is 10.1. The number of rotatable bonds is 7. The van der Waals surface area contributed by atoms with Crippen molar-refractivity contribution in [3.63, 3.8) is 0 Å². The van der Waals surface area contributed by atoms with Crippen molar-refractivity contribution in [2.45, 2.75) is 37.6 Å². The summed E-state index contributed by atoms with van der Waals surface area (Å²) in [5.74, 6) is 0. The average Bonchev–Trinajstić information content (AvgIpc) is 2.70. The van der Waals surface area contributed by atoms with Gasteiger partial charge in [0.1, 0.15) is 0 Å². The van der Waals surface area contributed by atoms with Crippen molar-refractivity contribution >= 4 is 17.3 Å². The van der Waals surface area contributed by atoms with Crippen LogP contribution in [0.3, 0.4) is 0 Å². The Labute approximate surface area is 173 Å². The van der Waals surface area contributed by atoms with Gasteiger partial charge in [0, 0.05) is 11.0 Å². The molecule has 3 heteroatoms. The first-order chi connectivity index (χ1) is 13.4. The molecule has 0 heterocycles. The van der Waals surface area contributed by atoms with Crippen molar-refractivity contribution in [1.82, 2.24) is 5.32 Å². The van der Waals surface area contributed by atoms with E-state index >= 15 is 0 Å². The Balaban J connectivity index is 2.15. The molecule has 0 aliphatic rings. The average molecular weight is 389 g/mol. The molecule has 0 aliphatic heterocycles. The van der Waals surface area contributed by atoms with Gasteiger partial charge in [-0.05, 0) is 55.6 Å². The van der Waals surface area contributed by atoms with Crippen LogP contribution < -0.4 is 11.1 Å². The Morgan fingerprint density at radius 3 is 1.39 bits per heavy atom. The fourth-order valence-corrected chi connectivity index (χ4v) is 4.27. The molecule has 28 heavy (non-hydrogen) atoms. The molecule has 3 N–H and O–H groups in total. The second kappa shape index (κ2) is 8.57. The van der Waals surface area contributed by atoms with Crippen molar-refractivity contribution < 1.29 is 0 Å². The third-order valence-electron chi connectivity index (χ3n) is 5.39. The van der Waals surface area contributed by atoms with Crippen LogP contribution in [0, 0.1) is 0 Å². The lowest BCUT2D eigenvalue weighted by Gasteiger charge is -2.39. The van der Waals surface area contributed by atoms with E-state index in [2.05, 4.69) is 110 Å². The molecule has 0 atom stereocenters. The monoisotopic (exact) mass is 388 g/mol. The van der Waals surface area contributed by atoms with Crippen LogP contribution >= 0.6 is 12.2 Å². The number of nitrogens with two attached hydrogens (primary N) is 1. The number of hydrogen-bond acceptors (Lipinski definition) is 1. The normalized spacial score (nSPS) is 11.8. The van der Waals surface area contributed by atoms with Gasteiger partial charge in [-0.25, -0.2) is 0 Å². The summed E-state index contributed by atoms with van der Waals surface area (Å²) in [6.07, 6.45) is 1.83. The Morgan fingerprint density at radius 1 is 0.714 bits per heavy atom. The molecule has 3 rings (SSSR count). The largest absolute Gasteiger partial charge is 0.376 e. The Hall–Kier alpha value is -2.65. The molecule has 0 aliphatic carbocycles. The molecular formula is C25H28N2S. The molecule has 3 aromatic carbocycles. The van der Waals surface area contributed by atoms with E-state index in [0.717, 1.165) is 12.8 Å². The SMILES string of the molecule is CC(C)(CCC(c1ccccc1)(c1ccccc1)c1ccccc1)NC(N)=S. The smallest absolute Gasteiger partial charge is 0.164 e. The highest BCUT2D eigenvalue weighted by Crippen LogP contribution is 2.44. The molecule has 0 bridgehead atoms. The third-order valence-corrected chi connectivity index (χ3v) is 5.49. The fraction of sp³-hybridized carbons (Fsp3) is 0.240. The summed E-state index contributed by atoms with van der Waals surface area (Å²) in [5, 5.41) is 3.60. The Morgan fingerprint density at radius 2 is 1.07 bits per heavy atom. The molecule has 0 aromatic heterocycles. The topological polar surface area (TPSA) is 38.0 Å². The van der Waals surface area contributed by atoms with Gasteiger partial charge >= 0.3 is 0 Å². The lowest BCUT2D eigenvalue weighted by atomic mass is 9.65. The zero-order chi connectivity index (χ0) is 20.0. The predicted octanol–water partition coefficient (Wildman–Crippen LogP) is 5.41. The number of thiocarbonyl (C=S) groups is 1. The molecule has 0 radical (unpaired) electrons. The first kappa shape index (κ1) is 20.1. The Bertz CT molecular complexity index is 793. The summed E-state index contributed by atoms with van der Waals surface area (Å²) in [5.41, 5.74) is 9.19. The molecular weight excluding hydrogens is 360 g/mol. The van der Waals surface area contributed by atoms with Crippen LogP contribution in [0.15, 0.2) is 91.0 Å². The minimum absolute atomic E-state index is 0.199. The zero-order valence-electron chi connectivity index (χ0n) is 16.6. The minimum atomic E-state index is -0.251. The van der Waals surface area contributed by atoms with Gasteiger partial charge in [-0.3, -0.25) is 0 Å². The lowest BCUT2D eigenvalue weighted by Crippen LogP contribution is -2.47. The second-order valence-electron chi connectivity index (χ2n) is 7.88. The minimum Gasteiger partial charge on any atom is -0.376 e. The van der Waals surface area contributed by atoms with Crippen molar-refractivity contribution in [2.24, 2.45) is 5.73 Å². The quantitative estimate of drug-likeness (QED) is 0.420. The number of nitrogens with one attached hydrogen (secondary N) is 1. The summed E-state index contributed by atoms with van der Waals surface area (Å²) in [6.45, 7) is 4.30. The molecule has 0 saturated heterocycles. The van der Waals surface area contributed by atoms with E-state index in [9.17, 15) is 0 Å². The summed E-state index contributed by atoms with van der Waals surface area (Å²) < 4.78 is 0. The predicted molar refractivity (Wildman–Crippen MR) is 122 cm³/mol. The Kier molecular flexibility index (Phi) is 6.15. The van der Waals surface area contributed by atoms with Crippen molar-refractivity contribution in [2.75, 3.05) is 0 Å². The van der Waals surface area contributed by atoms with Crippen LogP contribution in [-0.4, -0.2) is 10.7 Å². The van der Waals surface area contributed by atoms with Gasteiger partial charge < -0.3 is 11.1 Å². The van der Waals surface area contributed by atoms with E-state index < -0.39 is 0 Å². The van der Waals surface area contributed by atoms with E-state index in [1.807, 2.05) is 0 Å². The van der Waals surface area contributed by atoms with Crippen LogP contribution in [-0.2, 0) is 5.41 Å². The van der Waals surface area contributed by atoms with Crippen molar-refractivity contribution in [1.29, 1.82) is 0 Å². The zero-order valence-corrected chi connectivity index (χ0v) is 17.4. The van der Waals surface area contributed by atoms with Crippen LogP contribution in [0.1, 0.15) is 43.4 Å². The lowest BCUT2D eigenvalue weighted by molar-refractivity contribution is 0.375. The van der Waals surface area contributed by atoms with Gasteiger partial charge in [0.05, 0.1) is 0 Å². The van der Waals surface area contributed by atoms with Crippen LogP contribution in [0.2, 0.25) is 0 Å². The molecule has 0 fully saturated rings. The highest BCUT2D eigenvalue weighted by atomic mass is 32.1. The van der Waals surface area contributed by atoms with Gasteiger partial charge in [0.25, 0.3) is 0 Å². The standard InChI is InChI=1S/C25H28N2S/c1-24(2,27-23(26)28)18-19-25(20-12-6-3-7-13-20,21-14-8-4-9-15-21)22-16-10-5-11-17-22/h3-17H,18-19H2,1-2H3,(H3,26,27,28). The molecule has 2 nitrogen and oxygen atoms in total. The summed E-state index contributed by atoms with van der Waals surface area (Å²) in [7, 11) is 0. The number of hydrogen-bond donors (Lipinski definition) is 2. The molecule has 0 unspecified atom stereocenters. The summed E-state index contributed by atoms with van der Waals surface area (Å²) in [4.78, 5) is 0. The molecule has 0 saturated carbocycles. The van der Waals surface area contributed by atoms with Gasteiger partial charge in [-0.1, -0.05) is 91.0 Å². The van der Waals surface area contributed by atoms with E-state index in [0.29, 0.717) is 5.11 Å². The third kappa shape index (κ3) is 4.42. The van der Waals surface area contributed by atoms with Gasteiger partial charge in [-0.15, -0.1) is 0 Å². The van der Waals surface area contributed by atoms with Crippen LogP contribution in [0.4, 0.5) is 0 Å². The second-order valence-corrected chi connectivity index (χ2v) is 8.32. The van der Waals surface area contributed by atoms with E-state index in [4.69, 9.17) is 18.0 Å².